The minimum absolute atomic E-state index is 0.112. The molecule has 1 heterocycles. The van der Waals surface area contributed by atoms with E-state index in [9.17, 15) is 9.59 Å². The van der Waals surface area contributed by atoms with Crippen LogP contribution in [0.1, 0.15) is 40.5 Å². The summed E-state index contributed by atoms with van der Waals surface area (Å²) in [7, 11) is 0. The molecule has 2 aliphatic rings. The lowest BCUT2D eigenvalue weighted by atomic mass is 10.0. The van der Waals surface area contributed by atoms with Crippen LogP contribution in [0, 0.1) is 10.8 Å². The minimum Gasteiger partial charge on any atom is -0.347 e. The van der Waals surface area contributed by atoms with Gasteiger partial charge in [-0.15, -0.1) is 0 Å². The topological polar surface area (TPSA) is 70.6 Å². The highest BCUT2D eigenvalue weighted by Gasteiger charge is 2.65. The second kappa shape index (κ2) is 3.55. The fourth-order valence-electron chi connectivity index (χ4n) is 2.41. The van der Waals surface area contributed by atoms with Gasteiger partial charge in [-0.05, 0) is 10.8 Å². The molecule has 1 saturated carbocycles. The van der Waals surface area contributed by atoms with E-state index in [1.165, 1.54) is 0 Å². The molecule has 0 radical (unpaired) electrons. The molecule has 0 bridgehead atoms. The molecule has 1 fully saturated rings. The van der Waals surface area contributed by atoms with Gasteiger partial charge in [-0.1, -0.05) is 27.7 Å². The molecule has 94 valence electrons. The predicted molar refractivity (Wildman–Crippen MR) is 64.3 cm³/mol. The molecule has 0 saturated heterocycles. The Bertz CT molecular complexity index is 396. The van der Waals surface area contributed by atoms with Gasteiger partial charge in [-0.2, -0.15) is 5.10 Å². The molecule has 5 heteroatoms. The summed E-state index contributed by atoms with van der Waals surface area (Å²) < 4.78 is 0. The number of nitrogens with zero attached hydrogens (tertiary/aromatic N) is 1. The Balaban J connectivity index is 1.98. The number of rotatable bonds is 2. The Labute approximate surface area is 101 Å². The van der Waals surface area contributed by atoms with Crippen molar-refractivity contribution >= 4 is 17.5 Å². The molecule has 0 atom stereocenters. The zero-order chi connectivity index (χ0) is 12.8. The van der Waals surface area contributed by atoms with Gasteiger partial charge in [0.05, 0.1) is 0 Å². The van der Waals surface area contributed by atoms with Crippen molar-refractivity contribution in [3.63, 3.8) is 0 Å². The van der Waals surface area contributed by atoms with Crippen LogP contribution < -0.4 is 10.7 Å². The first-order valence-electron chi connectivity index (χ1n) is 5.93. The predicted octanol–water partition coefficient (Wildman–Crippen LogP) is 0.803. The molecule has 0 aromatic rings. The van der Waals surface area contributed by atoms with Gasteiger partial charge in [-0.25, -0.2) is 5.43 Å². The van der Waals surface area contributed by atoms with E-state index in [1.807, 2.05) is 0 Å². The average Bonchev–Trinajstić information content (AvgIpc) is 2.62. The summed E-state index contributed by atoms with van der Waals surface area (Å²) in [4.78, 5) is 22.9. The van der Waals surface area contributed by atoms with E-state index < -0.39 is 0 Å². The third kappa shape index (κ3) is 1.83. The van der Waals surface area contributed by atoms with Crippen LogP contribution in [0.25, 0.3) is 0 Å². The molecule has 2 rings (SSSR count). The average molecular weight is 237 g/mol. The quantitative estimate of drug-likeness (QED) is 0.746. The lowest BCUT2D eigenvalue weighted by molar-refractivity contribution is -0.121. The molecule has 0 aromatic carbocycles. The first-order chi connectivity index (χ1) is 7.76. The second-order valence-electron chi connectivity index (χ2n) is 5.94. The number of carbonyl (C=O) groups is 2. The van der Waals surface area contributed by atoms with Crippen LogP contribution in [0.3, 0.4) is 0 Å². The van der Waals surface area contributed by atoms with E-state index in [4.69, 9.17) is 0 Å². The van der Waals surface area contributed by atoms with Crippen molar-refractivity contribution in [1.82, 2.24) is 10.7 Å². The highest BCUT2D eigenvalue weighted by atomic mass is 16.2. The molecule has 17 heavy (non-hydrogen) atoms. The molecule has 0 unspecified atom stereocenters. The number of hydrazone groups is 1. The first kappa shape index (κ1) is 12.1. The highest BCUT2D eigenvalue weighted by Crippen LogP contribution is 2.62. The van der Waals surface area contributed by atoms with Crippen LogP contribution in [0.4, 0.5) is 0 Å². The monoisotopic (exact) mass is 237 g/mol. The third-order valence-electron chi connectivity index (χ3n) is 4.46. The molecule has 0 aromatic heterocycles. The SMILES string of the molecule is CC1(C)C(NC(=O)C2=NNC(=O)CC2)C1(C)C. The molecule has 0 spiro atoms. The van der Waals surface area contributed by atoms with Crippen molar-refractivity contribution in [1.29, 1.82) is 0 Å². The van der Waals surface area contributed by atoms with Crippen LogP contribution in [0.5, 0.6) is 0 Å². The van der Waals surface area contributed by atoms with E-state index in [1.54, 1.807) is 0 Å². The van der Waals surface area contributed by atoms with Gasteiger partial charge in [0.2, 0.25) is 5.91 Å². The van der Waals surface area contributed by atoms with E-state index in [0.29, 0.717) is 18.6 Å². The number of nitrogens with one attached hydrogen (secondary N) is 2. The van der Waals surface area contributed by atoms with Crippen LogP contribution in [-0.4, -0.2) is 23.6 Å². The van der Waals surface area contributed by atoms with Crippen molar-refractivity contribution in [2.75, 3.05) is 0 Å². The van der Waals surface area contributed by atoms with Gasteiger partial charge in [-0.3, -0.25) is 9.59 Å². The number of amides is 2. The van der Waals surface area contributed by atoms with E-state index >= 15 is 0 Å². The summed E-state index contributed by atoms with van der Waals surface area (Å²) in [6.45, 7) is 8.57. The number of hydrogen-bond donors (Lipinski definition) is 2. The lowest BCUT2D eigenvalue weighted by Crippen LogP contribution is -2.39. The van der Waals surface area contributed by atoms with Gasteiger partial charge < -0.3 is 5.32 Å². The van der Waals surface area contributed by atoms with Gasteiger partial charge in [0.1, 0.15) is 5.71 Å². The Hall–Kier alpha value is -1.39. The van der Waals surface area contributed by atoms with Gasteiger partial charge in [0.25, 0.3) is 5.91 Å². The van der Waals surface area contributed by atoms with Crippen molar-refractivity contribution in [3.8, 4) is 0 Å². The second-order valence-corrected chi connectivity index (χ2v) is 5.94. The fourth-order valence-corrected chi connectivity index (χ4v) is 2.41. The van der Waals surface area contributed by atoms with Crippen LogP contribution in [-0.2, 0) is 9.59 Å². The molecule has 5 nitrogen and oxygen atoms in total. The summed E-state index contributed by atoms with van der Waals surface area (Å²) in [6.07, 6.45) is 0.759. The normalized spacial score (nSPS) is 25.9. The minimum atomic E-state index is -0.159. The summed E-state index contributed by atoms with van der Waals surface area (Å²) in [5, 5.41) is 6.79. The smallest absolute Gasteiger partial charge is 0.267 e. The fraction of sp³-hybridized carbons (Fsp3) is 0.750. The molecule has 2 N–H and O–H groups in total. The van der Waals surface area contributed by atoms with Crippen molar-refractivity contribution in [2.45, 2.75) is 46.6 Å². The van der Waals surface area contributed by atoms with Crippen LogP contribution in [0.2, 0.25) is 0 Å². The Morgan fingerprint density at radius 3 is 2.29 bits per heavy atom. The van der Waals surface area contributed by atoms with Crippen molar-refractivity contribution in [2.24, 2.45) is 15.9 Å². The highest BCUT2D eigenvalue weighted by molar-refractivity contribution is 6.39. The molecule has 1 aliphatic carbocycles. The summed E-state index contributed by atoms with van der Waals surface area (Å²) in [5.41, 5.74) is 2.98. The third-order valence-corrected chi connectivity index (χ3v) is 4.46. The maximum Gasteiger partial charge on any atom is 0.267 e. The summed E-state index contributed by atoms with van der Waals surface area (Å²) in [6, 6.07) is 0.169. The molecule has 2 amide bonds. The number of hydrogen-bond acceptors (Lipinski definition) is 3. The lowest BCUT2D eigenvalue weighted by Gasteiger charge is -2.12. The molecular formula is C12H19N3O2. The Kier molecular flexibility index (Phi) is 2.52. The largest absolute Gasteiger partial charge is 0.347 e. The van der Waals surface area contributed by atoms with Crippen LogP contribution in [0.15, 0.2) is 5.10 Å². The zero-order valence-corrected chi connectivity index (χ0v) is 10.8. The molecular weight excluding hydrogens is 218 g/mol. The maximum absolute atomic E-state index is 11.9. The van der Waals surface area contributed by atoms with E-state index in [2.05, 4.69) is 43.5 Å². The van der Waals surface area contributed by atoms with Crippen molar-refractivity contribution < 1.29 is 9.59 Å². The maximum atomic E-state index is 11.9. The Morgan fingerprint density at radius 1 is 1.29 bits per heavy atom. The number of carbonyl (C=O) groups excluding carboxylic acids is 2. The van der Waals surface area contributed by atoms with E-state index in [-0.39, 0.29) is 28.7 Å². The summed E-state index contributed by atoms with van der Waals surface area (Å²) in [5.74, 6) is -0.290. The standard InChI is InChI=1S/C12H19N3O2/c1-11(2)10(12(11,3)4)13-9(17)7-5-6-8(16)15-14-7/h10H,5-6H2,1-4H3,(H,13,17)(H,15,16). The zero-order valence-electron chi connectivity index (χ0n) is 10.8. The van der Waals surface area contributed by atoms with Crippen LogP contribution >= 0.6 is 0 Å². The van der Waals surface area contributed by atoms with Gasteiger partial charge in [0, 0.05) is 18.9 Å². The van der Waals surface area contributed by atoms with E-state index in [0.717, 1.165) is 0 Å². The molecule has 1 aliphatic heterocycles. The van der Waals surface area contributed by atoms with Gasteiger partial charge >= 0.3 is 0 Å². The summed E-state index contributed by atoms with van der Waals surface area (Å²) >= 11 is 0. The first-order valence-corrected chi connectivity index (χ1v) is 5.93. The Morgan fingerprint density at radius 2 is 1.88 bits per heavy atom. The van der Waals surface area contributed by atoms with Gasteiger partial charge in [0.15, 0.2) is 0 Å². The van der Waals surface area contributed by atoms with Crippen molar-refractivity contribution in [3.05, 3.63) is 0 Å².